The molecule has 17 heavy (non-hydrogen) atoms. The molecule has 2 amide bonds. The van der Waals surface area contributed by atoms with E-state index in [9.17, 15) is 9.59 Å². The highest BCUT2D eigenvalue weighted by atomic mass is 16.2. The minimum absolute atomic E-state index is 0.0674. The van der Waals surface area contributed by atoms with Crippen molar-refractivity contribution in [3.63, 3.8) is 0 Å². The highest BCUT2D eigenvalue weighted by Gasteiger charge is 2.35. The lowest BCUT2D eigenvalue weighted by Crippen LogP contribution is -2.56. The number of likely N-dealkylation sites (N-methyl/N-ethyl adjacent to an activating group) is 2. The van der Waals surface area contributed by atoms with Crippen LogP contribution in [0.15, 0.2) is 0 Å². The number of nitrogens with zero attached hydrogens (tertiary/aromatic N) is 2. The molecule has 0 spiro atoms. The lowest BCUT2D eigenvalue weighted by Gasteiger charge is -2.35. The molecule has 1 unspecified atom stereocenters. The quantitative estimate of drug-likeness (QED) is 0.715. The van der Waals surface area contributed by atoms with E-state index >= 15 is 0 Å². The van der Waals surface area contributed by atoms with Crippen LogP contribution in [0.2, 0.25) is 0 Å². The molecule has 1 heterocycles. The van der Waals surface area contributed by atoms with Crippen molar-refractivity contribution < 1.29 is 9.59 Å². The summed E-state index contributed by atoms with van der Waals surface area (Å²) in [6.07, 6.45) is 2.48. The standard InChI is InChI=1S/C12H21N3O2/c1-3-14-7-12(17)15(8-11(14)16)6-10(13-2)9-4-5-9/h9-10,13H,3-8H2,1-2H3. The molecule has 0 aromatic heterocycles. The largest absolute Gasteiger partial charge is 0.332 e. The third-order valence-electron chi connectivity index (χ3n) is 3.72. The first kappa shape index (κ1) is 12.4. The van der Waals surface area contributed by atoms with E-state index in [-0.39, 0.29) is 24.9 Å². The molecule has 0 aromatic rings. The Kier molecular flexibility index (Phi) is 3.66. The summed E-state index contributed by atoms with van der Waals surface area (Å²) >= 11 is 0. The first-order valence-corrected chi connectivity index (χ1v) is 6.38. The predicted molar refractivity (Wildman–Crippen MR) is 64.4 cm³/mol. The number of amides is 2. The summed E-state index contributed by atoms with van der Waals surface area (Å²) in [6.45, 7) is 3.69. The van der Waals surface area contributed by atoms with Crippen molar-refractivity contribution in [2.45, 2.75) is 25.8 Å². The molecule has 2 rings (SSSR count). The molecule has 2 fully saturated rings. The number of carbonyl (C=O) groups is 2. The van der Waals surface area contributed by atoms with Gasteiger partial charge in [0, 0.05) is 19.1 Å². The van der Waals surface area contributed by atoms with Crippen LogP contribution in [0, 0.1) is 5.92 Å². The van der Waals surface area contributed by atoms with E-state index in [0.717, 1.165) is 0 Å². The Bertz CT molecular complexity index is 315. The summed E-state index contributed by atoms with van der Waals surface area (Å²) in [4.78, 5) is 27.0. The monoisotopic (exact) mass is 239 g/mol. The van der Waals surface area contributed by atoms with Crippen LogP contribution in [0.25, 0.3) is 0 Å². The van der Waals surface area contributed by atoms with Gasteiger partial charge >= 0.3 is 0 Å². The molecule has 2 aliphatic rings. The van der Waals surface area contributed by atoms with Gasteiger partial charge in [-0.1, -0.05) is 0 Å². The van der Waals surface area contributed by atoms with Crippen LogP contribution in [-0.2, 0) is 9.59 Å². The van der Waals surface area contributed by atoms with Gasteiger partial charge in [0.15, 0.2) is 0 Å². The van der Waals surface area contributed by atoms with Gasteiger partial charge in [-0.3, -0.25) is 9.59 Å². The summed E-state index contributed by atoms with van der Waals surface area (Å²) in [5.41, 5.74) is 0. The van der Waals surface area contributed by atoms with Gasteiger partial charge in [-0.15, -0.1) is 0 Å². The fourth-order valence-electron chi connectivity index (χ4n) is 2.37. The molecule has 0 aromatic carbocycles. The van der Waals surface area contributed by atoms with E-state index in [0.29, 0.717) is 25.0 Å². The predicted octanol–water partition coefficient (Wildman–Crippen LogP) is -0.325. The third kappa shape index (κ3) is 2.77. The van der Waals surface area contributed by atoms with Crippen molar-refractivity contribution in [2.24, 2.45) is 5.92 Å². The molecular formula is C12H21N3O2. The van der Waals surface area contributed by atoms with Gasteiger partial charge in [0.05, 0.1) is 13.1 Å². The van der Waals surface area contributed by atoms with Crippen LogP contribution in [0.1, 0.15) is 19.8 Å². The van der Waals surface area contributed by atoms with Crippen molar-refractivity contribution in [1.82, 2.24) is 15.1 Å². The number of rotatable bonds is 5. The minimum Gasteiger partial charge on any atom is -0.332 e. The number of carbonyl (C=O) groups excluding carboxylic acids is 2. The average molecular weight is 239 g/mol. The molecule has 5 nitrogen and oxygen atoms in total. The third-order valence-corrected chi connectivity index (χ3v) is 3.72. The SMILES string of the molecule is CCN1CC(=O)N(CC(NC)C2CC2)CC1=O. The molecular weight excluding hydrogens is 218 g/mol. The fraction of sp³-hybridized carbons (Fsp3) is 0.833. The second-order valence-electron chi connectivity index (χ2n) is 4.91. The zero-order valence-electron chi connectivity index (χ0n) is 10.6. The van der Waals surface area contributed by atoms with Crippen molar-refractivity contribution in [1.29, 1.82) is 0 Å². The lowest BCUT2D eigenvalue weighted by molar-refractivity contribution is -0.150. The Balaban J connectivity index is 1.92. The first-order valence-electron chi connectivity index (χ1n) is 6.38. The molecule has 96 valence electrons. The Labute approximate surface area is 102 Å². The van der Waals surface area contributed by atoms with E-state index in [2.05, 4.69) is 5.32 Å². The second kappa shape index (κ2) is 5.04. The van der Waals surface area contributed by atoms with E-state index < -0.39 is 0 Å². The van der Waals surface area contributed by atoms with Gasteiger partial charge in [0.25, 0.3) is 0 Å². The Morgan fingerprint density at radius 2 is 1.82 bits per heavy atom. The number of hydrogen-bond donors (Lipinski definition) is 1. The second-order valence-corrected chi connectivity index (χ2v) is 4.91. The lowest BCUT2D eigenvalue weighted by atomic mass is 10.1. The van der Waals surface area contributed by atoms with E-state index in [1.54, 1.807) is 9.80 Å². The molecule has 0 bridgehead atoms. The first-order chi connectivity index (χ1) is 8.15. The molecule has 1 aliphatic heterocycles. The molecule has 1 atom stereocenters. The Morgan fingerprint density at radius 3 is 2.35 bits per heavy atom. The van der Waals surface area contributed by atoms with Crippen molar-refractivity contribution in [2.75, 3.05) is 33.2 Å². The fourth-order valence-corrected chi connectivity index (χ4v) is 2.37. The summed E-state index contributed by atoms with van der Waals surface area (Å²) in [7, 11) is 1.93. The van der Waals surface area contributed by atoms with Crippen LogP contribution >= 0.6 is 0 Å². The Morgan fingerprint density at radius 1 is 1.24 bits per heavy atom. The van der Waals surface area contributed by atoms with Crippen LogP contribution in [0.4, 0.5) is 0 Å². The topological polar surface area (TPSA) is 52.7 Å². The van der Waals surface area contributed by atoms with Gasteiger partial charge in [0.1, 0.15) is 0 Å². The van der Waals surface area contributed by atoms with E-state index in [1.807, 2.05) is 14.0 Å². The van der Waals surface area contributed by atoms with E-state index in [1.165, 1.54) is 12.8 Å². The highest BCUT2D eigenvalue weighted by molar-refractivity contribution is 5.92. The Hall–Kier alpha value is -1.10. The average Bonchev–Trinajstić information content (AvgIpc) is 3.13. The normalized spacial score (nSPS) is 23.2. The summed E-state index contributed by atoms with van der Waals surface area (Å²) in [5.74, 6) is 0.831. The number of nitrogens with one attached hydrogen (secondary N) is 1. The van der Waals surface area contributed by atoms with Crippen LogP contribution in [-0.4, -0.2) is 60.9 Å². The van der Waals surface area contributed by atoms with Gasteiger partial charge in [0.2, 0.25) is 11.8 Å². The van der Waals surface area contributed by atoms with Crippen LogP contribution in [0.5, 0.6) is 0 Å². The zero-order valence-corrected chi connectivity index (χ0v) is 10.6. The molecule has 1 aliphatic carbocycles. The minimum atomic E-state index is 0.0674. The maximum atomic E-state index is 11.9. The van der Waals surface area contributed by atoms with Crippen molar-refractivity contribution in [3.05, 3.63) is 0 Å². The summed E-state index contributed by atoms with van der Waals surface area (Å²) in [6, 6.07) is 0.347. The molecule has 0 radical (unpaired) electrons. The zero-order chi connectivity index (χ0) is 12.4. The van der Waals surface area contributed by atoms with Crippen molar-refractivity contribution >= 4 is 11.8 Å². The summed E-state index contributed by atoms with van der Waals surface area (Å²) < 4.78 is 0. The van der Waals surface area contributed by atoms with Crippen molar-refractivity contribution in [3.8, 4) is 0 Å². The number of piperazine rings is 1. The van der Waals surface area contributed by atoms with Gasteiger partial charge in [-0.2, -0.15) is 0 Å². The maximum absolute atomic E-state index is 11.9. The highest BCUT2D eigenvalue weighted by Crippen LogP contribution is 2.32. The van der Waals surface area contributed by atoms with E-state index in [4.69, 9.17) is 0 Å². The number of hydrogen-bond acceptors (Lipinski definition) is 3. The van der Waals surface area contributed by atoms with Gasteiger partial charge < -0.3 is 15.1 Å². The smallest absolute Gasteiger partial charge is 0.242 e. The molecule has 1 N–H and O–H groups in total. The molecule has 5 heteroatoms. The molecule has 1 saturated carbocycles. The molecule has 1 saturated heterocycles. The van der Waals surface area contributed by atoms with Crippen LogP contribution in [0.3, 0.4) is 0 Å². The van der Waals surface area contributed by atoms with Gasteiger partial charge in [-0.25, -0.2) is 0 Å². The van der Waals surface area contributed by atoms with Crippen LogP contribution < -0.4 is 5.32 Å². The summed E-state index contributed by atoms with van der Waals surface area (Å²) in [5, 5.41) is 3.25. The van der Waals surface area contributed by atoms with Gasteiger partial charge in [-0.05, 0) is 32.7 Å². The maximum Gasteiger partial charge on any atom is 0.242 e.